The molecule has 3 nitrogen and oxygen atoms in total. The molecule has 138 valence electrons. The molecule has 1 aliphatic rings. The summed E-state index contributed by atoms with van der Waals surface area (Å²) < 4.78 is 12.1. The van der Waals surface area contributed by atoms with E-state index in [0.29, 0.717) is 6.61 Å². The minimum atomic E-state index is -0.588. The van der Waals surface area contributed by atoms with Crippen molar-refractivity contribution in [1.29, 1.82) is 0 Å². The van der Waals surface area contributed by atoms with E-state index in [9.17, 15) is 0 Å². The maximum Gasteiger partial charge on any atom is 0.163 e. The Morgan fingerprint density at radius 3 is 2.64 bits per heavy atom. The monoisotopic (exact) mass is 343 g/mol. The van der Waals surface area contributed by atoms with E-state index in [1.54, 1.807) is 0 Å². The summed E-state index contributed by atoms with van der Waals surface area (Å²) in [6.07, 6.45) is 8.71. The Bertz CT molecular complexity index is 567. The first-order chi connectivity index (χ1) is 11.9. The molecule has 1 saturated heterocycles. The predicted octanol–water partition coefficient (Wildman–Crippen LogP) is 5.72. The van der Waals surface area contributed by atoms with Crippen LogP contribution in [0, 0.1) is 5.41 Å². The summed E-state index contributed by atoms with van der Waals surface area (Å²) in [4.78, 5) is 4.88. The zero-order valence-corrected chi connectivity index (χ0v) is 16.2. The molecule has 0 radical (unpaired) electrons. The number of hydrogen-bond donors (Lipinski definition) is 0. The second kappa shape index (κ2) is 8.77. The second-order valence-electron chi connectivity index (χ2n) is 7.67. The Morgan fingerprint density at radius 2 is 2.00 bits per heavy atom. The lowest BCUT2D eigenvalue weighted by atomic mass is 9.86. The van der Waals surface area contributed by atoms with E-state index >= 15 is 0 Å². The highest BCUT2D eigenvalue weighted by Crippen LogP contribution is 2.35. The molecule has 3 atom stereocenters. The fourth-order valence-electron chi connectivity index (χ4n) is 3.09. The van der Waals surface area contributed by atoms with Crippen LogP contribution in [0.25, 0.3) is 0 Å². The Kier molecular flexibility index (Phi) is 6.97. The summed E-state index contributed by atoms with van der Waals surface area (Å²) in [5.41, 5.74) is 1.07. The van der Waals surface area contributed by atoms with Gasteiger partial charge in [0.2, 0.25) is 0 Å². The number of aliphatic imine (C=N–C) groups is 1. The van der Waals surface area contributed by atoms with E-state index in [1.165, 1.54) is 19.3 Å². The maximum atomic E-state index is 6.21. The molecule has 1 heterocycles. The smallest absolute Gasteiger partial charge is 0.163 e. The van der Waals surface area contributed by atoms with Gasteiger partial charge in [0.05, 0.1) is 6.61 Å². The summed E-state index contributed by atoms with van der Waals surface area (Å²) in [6, 6.07) is 10.3. The summed E-state index contributed by atoms with van der Waals surface area (Å²) in [6.45, 7) is 12.9. The number of rotatable bonds is 8. The van der Waals surface area contributed by atoms with Crippen molar-refractivity contribution in [3.8, 4) is 0 Å². The van der Waals surface area contributed by atoms with Crippen molar-refractivity contribution >= 4 is 6.21 Å². The lowest BCUT2D eigenvalue weighted by Gasteiger charge is -2.40. The Morgan fingerprint density at radius 1 is 1.28 bits per heavy atom. The average Bonchev–Trinajstić information content (AvgIpc) is 2.61. The molecule has 1 aliphatic heterocycles. The Balaban J connectivity index is 2.15. The molecule has 3 heteroatoms. The quantitative estimate of drug-likeness (QED) is 0.343. The van der Waals surface area contributed by atoms with Gasteiger partial charge >= 0.3 is 0 Å². The third-order valence-electron chi connectivity index (χ3n) is 4.84. The first-order valence-electron chi connectivity index (χ1n) is 9.44. The molecule has 0 N–H and O–H groups in total. The van der Waals surface area contributed by atoms with Crippen molar-refractivity contribution in [2.24, 2.45) is 10.4 Å². The third kappa shape index (κ3) is 5.79. The number of ether oxygens (including phenoxy) is 2. The first-order valence-corrected chi connectivity index (χ1v) is 9.44. The Hall–Kier alpha value is -1.45. The molecule has 0 spiro atoms. The van der Waals surface area contributed by atoms with Crippen molar-refractivity contribution in [1.82, 2.24) is 0 Å². The normalized spacial score (nSPS) is 25.6. The van der Waals surface area contributed by atoms with Crippen LogP contribution in [0.1, 0.15) is 65.0 Å². The van der Waals surface area contributed by atoms with Gasteiger partial charge in [-0.1, -0.05) is 69.5 Å². The van der Waals surface area contributed by atoms with Gasteiger partial charge in [0.15, 0.2) is 5.79 Å². The van der Waals surface area contributed by atoms with Crippen LogP contribution in [0.15, 0.2) is 48.0 Å². The van der Waals surface area contributed by atoms with Crippen molar-refractivity contribution in [2.75, 3.05) is 6.61 Å². The predicted molar refractivity (Wildman–Crippen MR) is 105 cm³/mol. The van der Waals surface area contributed by atoms with Gasteiger partial charge in [-0.05, 0) is 25.8 Å². The number of unbranched alkanes of at least 4 members (excludes halogenated alkanes) is 2. The minimum Gasteiger partial charge on any atom is -0.348 e. The van der Waals surface area contributed by atoms with Crippen LogP contribution in [0.3, 0.4) is 0 Å². The molecule has 0 amide bonds. The van der Waals surface area contributed by atoms with E-state index in [0.717, 1.165) is 12.0 Å². The van der Waals surface area contributed by atoms with Crippen molar-refractivity contribution < 1.29 is 9.47 Å². The van der Waals surface area contributed by atoms with Gasteiger partial charge in [0.25, 0.3) is 0 Å². The minimum absolute atomic E-state index is 0.0409. The molecule has 0 aromatic heterocycles. The van der Waals surface area contributed by atoms with Crippen LogP contribution in [0.2, 0.25) is 0 Å². The largest absolute Gasteiger partial charge is 0.348 e. The van der Waals surface area contributed by atoms with Gasteiger partial charge in [-0.15, -0.1) is 6.58 Å². The summed E-state index contributed by atoms with van der Waals surface area (Å²) >= 11 is 0. The molecule has 0 unspecified atom stereocenters. The molecule has 2 rings (SSSR count). The fourth-order valence-corrected chi connectivity index (χ4v) is 3.09. The van der Waals surface area contributed by atoms with E-state index in [-0.39, 0.29) is 17.6 Å². The molecule has 0 saturated carbocycles. The maximum absolute atomic E-state index is 6.21. The van der Waals surface area contributed by atoms with Gasteiger partial charge in [0.1, 0.15) is 12.1 Å². The van der Waals surface area contributed by atoms with Crippen LogP contribution >= 0.6 is 0 Å². The SMILES string of the molecule is C=C[C@@](C)(C=N[C@H]1COC(C)(C)O[C@H]1c1ccccc1)CCCCC. The van der Waals surface area contributed by atoms with Crippen LogP contribution < -0.4 is 0 Å². The highest BCUT2D eigenvalue weighted by molar-refractivity contribution is 5.68. The van der Waals surface area contributed by atoms with Crippen LogP contribution in [0.5, 0.6) is 0 Å². The standard InChI is InChI=1S/C22H33NO2/c1-6-8-12-15-22(5,7-2)17-23-19-16-24-21(3,4)25-20(19)18-13-10-9-11-14-18/h7,9-11,13-14,17,19-20H,2,6,8,12,15-16H2,1,3-5H3/t19-,20-,22+/m0/s1. The highest BCUT2D eigenvalue weighted by atomic mass is 16.7. The molecular formula is C22H33NO2. The first kappa shape index (κ1) is 19.9. The topological polar surface area (TPSA) is 30.8 Å². The average molecular weight is 344 g/mol. The molecule has 1 aromatic carbocycles. The lowest BCUT2D eigenvalue weighted by molar-refractivity contribution is -0.281. The van der Waals surface area contributed by atoms with E-state index in [1.807, 2.05) is 38.1 Å². The summed E-state index contributed by atoms with van der Waals surface area (Å²) in [7, 11) is 0. The number of benzene rings is 1. The molecule has 1 aromatic rings. The number of nitrogens with zero attached hydrogens (tertiary/aromatic N) is 1. The fraction of sp³-hybridized carbons (Fsp3) is 0.591. The summed E-state index contributed by atoms with van der Waals surface area (Å²) in [5, 5.41) is 0. The molecule has 0 aliphatic carbocycles. The van der Waals surface area contributed by atoms with Gasteiger partial charge < -0.3 is 9.47 Å². The van der Waals surface area contributed by atoms with Crippen molar-refractivity contribution in [3.05, 3.63) is 48.6 Å². The van der Waals surface area contributed by atoms with Gasteiger partial charge in [-0.2, -0.15) is 0 Å². The molecule has 1 fully saturated rings. The van der Waals surface area contributed by atoms with E-state index < -0.39 is 5.79 Å². The summed E-state index contributed by atoms with van der Waals surface area (Å²) in [5.74, 6) is -0.588. The van der Waals surface area contributed by atoms with E-state index in [2.05, 4.69) is 38.8 Å². The number of allylic oxidation sites excluding steroid dienone is 1. The van der Waals surface area contributed by atoms with Crippen molar-refractivity contribution in [3.63, 3.8) is 0 Å². The van der Waals surface area contributed by atoms with Gasteiger partial charge in [-0.3, -0.25) is 4.99 Å². The van der Waals surface area contributed by atoms with Crippen LogP contribution in [-0.4, -0.2) is 24.7 Å². The van der Waals surface area contributed by atoms with Gasteiger partial charge in [-0.25, -0.2) is 0 Å². The second-order valence-corrected chi connectivity index (χ2v) is 7.67. The Labute approximate surface area is 153 Å². The van der Waals surface area contributed by atoms with Crippen molar-refractivity contribution in [2.45, 2.75) is 71.3 Å². The lowest BCUT2D eigenvalue weighted by Crippen LogP contribution is -2.43. The molecule has 25 heavy (non-hydrogen) atoms. The van der Waals surface area contributed by atoms with Crippen LogP contribution in [-0.2, 0) is 9.47 Å². The highest BCUT2D eigenvalue weighted by Gasteiger charge is 2.37. The zero-order valence-electron chi connectivity index (χ0n) is 16.2. The third-order valence-corrected chi connectivity index (χ3v) is 4.84. The van der Waals surface area contributed by atoms with Crippen LogP contribution in [0.4, 0.5) is 0 Å². The molecular weight excluding hydrogens is 310 g/mol. The van der Waals surface area contributed by atoms with Gasteiger partial charge in [0, 0.05) is 11.6 Å². The van der Waals surface area contributed by atoms with E-state index in [4.69, 9.17) is 14.5 Å². The molecule has 0 bridgehead atoms. The zero-order chi connectivity index (χ0) is 18.3. The number of hydrogen-bond acceptors (Lipinski definition) is 3.